The number of hydrogen-bond acceptors (Lipinski definition) is 5. The molecule has 0 aromatic carbocycles. The second-order valence-electron chi connectivity index (χ2n) is 24.5. The van der Waals surface area contributed by atoms with E-state index in [1.165, 1.54) is 335 Å². The quantitative estimate of drug-likeness (QED) is 0.0448. The van der Waals surface area contributed by atoms with Gasteiger partial charge >= 0.3 is 0 Å². The van der Waals surface area contributed by atoms with Crippen molar-refractivity contribution in [3.05, 3.63) is 11.6 Å². The molecule has 0 aromatic rings. The summed E-state index contributed by atoms with van der Waals surface area (Å²) in [6.45, 7) is 24.6. The second kappa shape index (κ2) is 57.7. The maximum absolute atomic E-state index is 14.3. The Morgan fingerprint density at radius 1 is 0.440 bits per heavy atom. The Hall–Kier alpha value is -0.950. The minimum absolute atomic E-state index is 0.420. The lowest BCUT2D eigenvalue weighted by molar-refractivity contribution is -0.134. The molecule has 1 unspecified atom stereocenters. The van der Waals surface area contributed by atoms with Crippen LogP contribution in [0.25, 0.3) is 0 Å². The molecule has 446 valence electrons. The summed E-state index contributed by atoms with van der Waals surface area (Å²) < 4.78 is 4.89. The molecule has 6 heteroatoms. The van der Waals surface area contributed by atoms with Crippen LogP contribution in [0.4, 0.5) is 0 Å². The molecule has 75 heavy (non-hydrogen) atoms. The Labute approximate surface area is 472 Å². The van der Waals surface area contributed by atoms with Crippen LogP contribution in [0.3, 0.4) is 0 Å². The van der Waals surface area contributed by atoms with E-state index in [0.29, 0.717) is 18.4 Å². The van der Waals surface area contributed by atoms with Gasteiger partial charge in [-0.25, -0.2) is 0 Å². The number of hydrogen-bond donors (Lipinski definition) is 0. The number of methoxy groups -OCH3 is 1. The molecule has 0 aromatic heterocycles. The summed E-state index contributed by atoms with van der Waals surface area (Å²) in [6.07, 6.45) is 66.8. The van der Waals surface area contributed by atoms with Crippen LogP contribution in [0.2, 0.25) is 0 Å². The molecule has 2 aliphatic rings. The van der Waals surface area contributed by atoms with Gasteiger partial charge in [0.15, 0.2) is 0 Å². The van der Waals surface area contributed by atoms with Gasteiger partial charge in [0, 0.05) is 39.9 Å². The van der Waals surface area contributed by atoms with Crippen LogP contribution in [0, 0.1) is 5.92 Å². The van der Waals surface area contributed by atoms with E-state index in [0.717, 1.165) is 39.3 Å². The molecule has 1 atom stereocenters. The fourth-order valence-electron chi connectivity index (χ4n) is 11.6. The fraction of sp³-hybridized carbons (Fsp3) is 0.957. The molecule has 2 rings (SSSR count). The van der Waals surface area contributed by atoms with E-state index in [2.05, 4.69) is 60.3 Å². The first-order valence-corrected chi connectivity index (χ1v) is 34.6. The molecule has 1 heterocycles. The molecule has 0 bridgehead atoms. The lowest BCUT2D eigenvalue weighted by atomic mass is 9.94. The minimum Gasteiger partial charge on any atom is -0.385 e. The maximum Gasteiger partial charge on any atom is 0.236 e. The predicted molar refractivity (Wildman–Crippen MR) is 335 cm³/mol. The van der Waals surface area contributed by atoms with Gasteiger partial charge in [0.1, 0.15) is 0 Å². The first kappa shape index (κ1) is 72.1. The molecule has 0 N–H and O–H groups in total. The van der Waals surface area contributed by atoms with Crippen LogP contribution in [0.1, 0.15) is 336 Å². The zero-order valence-electron chi connectivity index (χ0n) is 52.5. The number of ether oxygens (including phenoxy) is 1. The average Bonchev–Trinajstić information content (AvgIpc) is 4.26. The summed E-state index contributed by atoms with van der Waals surface area (Å²) in [7, 11) is 1.76. The lowest BCUT2D eigenvalue weighted by Crippen LogP contribution is -2.47. The van der Waals surface area contributed by atoms with E-state index in [-0.39, 0.29) is 0 Å². The average molecular weight is 1060 g/mol. The molecule has 1 aliphatic heterocycles. The number of carbonyl (C=O) groups excluding carboxylic acids is 1. The molecule has 1 saturated heterocycles. The van der Waals surface area contributed by atoms with Crippen LogP contribution in [0.5, 0.6) is 0 Å². The van der Waals surface area contributed by atoms with Gasteiger partial charge in [-0.2, -0.15) is 0 Å². The number of piperidine rings is 1. The van der Waals surface area contributed by atoms with Crippen LogP contribution in [0.15, 0.2) is 11.6 Å². The number of allylic oxidation sites excluding steroid dienone is 2. The van der Waals surface area contributed by atoms with Crippen molar-refractivity contribution in [2.75, 3.05) is 85.7 Å². The van der Waals surface area contributed by atoms with Crippen LogP contribution < -0.4 is 0 Å². The highest BCUT2D eigenvalue weighted by atomic mass is 16.5. The molecule has 2 fully saturated rings. The van der Waals surface area contributed by atoms with E-state index in [1.54, 1.807) is 12.7 Å². The van der Waals surface area contributed by atoms with Crippen molar-refractivity contribution >= 4 is 5.91 Å². The molecule has 1 aliphatic carbocycles. The third-order valence-electron chi connectivity index (χ3n) is 17.0. The number of unbranched alkanes of at least 4 members (excludes halogenated alkanes) is 36. The van der Waals surface area contributed by atoms with Crippen molar-refractivity contribution < 1.29 is 9.53 Å². The zero-order chi connectivity index (χ0) is 54.2. The fourth-order valence-corrected chi connectivity index (χ4v) is 11.6. The summed E-state index contributed by atoms with van der Waals surface area (Å²) >= 11 is 0. The van der Waals surface area contributed by atoms with Crippen molar-refractivity contribution in [3.63, 3.8) is 0 Å². The normalized spacial score (nSPS) is 14.7. The van der Waals surface area contributed by atoms with Crippen molar-refractivity contribution in [1.29, 1.82) is 0 Å². The van der Waals surface area contributed by atoms with Gasteiger partial charge in [-0.15, -0.1) is 0 Å². The monoisotopic (exact) mass is 1060 g/mol. The van der Waals surface area contributed by atoms with Gasteiger partial charge < -0.3 is 19.4 Å². The zero-order valence-corrected chi connectivity index (χ0v) is 52.5. The van der Waals surface area contributed by atoms with Crippen molar-refractivity contribution in [1.82, 2.24) is 19.6 Å². The first-order valence-electron chi connectivity index (χ1n) is 34.6. The van der Waals surface area contributed by atoms with E-state index >= 15 is 0 Å². The van der Waals surface area contributed by atoms with Crippen molar-refractivity contribution in [2.45, 2.75) is 336 Å². The molecule has 6 nitrogen and oxygen atoms in total. The number of carbonyl (C=O) groups is 1. The highest BCUT2D eigenvalue weighted by Crippen LogP contribution is 2.28. The first-order chi connectivity index (χ1) is 37.0. The van der Waals surface area contributed by atoms with E-state index < -0.39 is 0 Å². The van der Waals surface area contributed by atoms with Gasteiger partial charge in [0.2, 0.25) is 5.91 Å². The van der Waals surface area contributed by atoms with Gasteiger partial charge in [-0.1, -0.05) is 265 Å². The maximum atomic E-state index is 14.3. The van der Waals surface area contributed by atoms with Crippen LogP contribution in [-0.2, 0) is 9.53 Å². The van der Waals surface area contributed by atoms with Crippen molar-refractivity contribution in [3.8, 4) is 0 Å². The smallest absolute Gasteiger partial charge is 0.236 e. The summed E-state index contributed by atoms with van der Waals surface area (Å²) in [4.78, 5) is 24.8. The second-order valence-corrected chi connectivity index (χ2v) is 24.5. The Morgan fingerprint density at radius 2 is 0.787 bits per heavy atom. The van der Waals surface area contributed by atoms with E-state index in [1.807, 2.05) is 0 Å². The third kappa shape index (κ3) is 49.8. The number of likely N-dealkylation sites (tertiary alicyclic amines) is 1. The SMILES string of the molecule is CCCCCCCCCCCCCCN(CCCCCCC=C1CC1)CCC1CCCN(C(=O)CN(CCCCCCCCC)CCN(CCCCCCCCC)CCCCCCCCC)C1.CCCCCCOC. The van der Waals surface area contributed by atoms with Crippen LogP contribution >= 0.6 is 0 Å². The summed E-state index contributed by atoms with van der Waals surface area (Å²) in [5.41, 5.74) is 1.71. The predicted octanol–water partition coefficient (Wildman–Crippen LogP) is 20.4. The van der Waals surface area contributed by atoms with Gasteiger partial charge in [-0.3, -0.25) is 9.69 Å². The molecular weight excluding hydrogens is 917 g/mol. The molecule has 1 saturated carbocycles. The van der Waals surface area contributed by atoms with Crippen molar-refractivity contribution in [2.24, 2.45) is 5.92 Å². The number of amides is 1. The van der Waals surface area contributed by atoms with E-state index in [9.17, 15) is 4.79 Å². The highest BCUT2D eigenvalue weighted by Gasteiger charge is 2.26. The standard InChI is InChI=1S/C62H122N4O.C7H16O/c1-5-9-13-17-21-22-23-24-25-29-34-38-49-63(50-39-36-30-31-37-44-60-46-47-60)55-48-61-45-43-54-66(58-61)62(67)59-65(53-42-35-28-20-16-12-8-4)57-56-64(51-40-32-26-18-14-10-6-2)52-41-33-27-19-15-11-7-3;1-3-4-5-6-7-8-2/h44,61H,5-43,45-59H2,1-4H3;3-7H2,1-2H3. The van der Waals surface area contributed by atoms with Gasteiger partial charge in [0.25, 0.3) is 0 Å². The number of rotatable bonds is 57. The van der Waals surface area contributed by atoms with Gasteiger partial charge in [0.05, 0.1) is 6.54 Å². The van der Waals surface area contributed by atoms with Crippen LogP contribution in [-0.4, -0.2) is 111 Å². The molecular formula is C69H138N4O2. The highest BCUT2D eigenvalue weighted by molar-refractivity contribution is 5.78. The summed E-state index contributed by atoms with van der Waals surface area (Å²) in [5, 5.41) is 0. The molecule has 1 amide bonds. The minimum atomic E-state index is 0.420. The number of nitrogens with zero attached hydrogens (tertiary/aromatic N) is 4. The van der Waals surface area contributed by atoms with E-state index in [4.69, 9.17) is 4.74 Å². The Bertz CT molecular complexity index is 1150. The summed E-state index contributed by atoms with van der Waals surface area (Å²) in [6, 6.07) is 0. The largest absolute Gasteiger partial charge is 0.385 e. The Balaban J connectivity index is 0.00000323. The summed E-state index contributed by atoms with van der Waals surface area (Å²) in [5.74, 6) is 1.08. The third-order valence-corrected chi connectivity index (χ3v) is 17.0. The van der Waals surface area contributed by atoms with Gasteiger partial charge in [-0.05, 0) is 129 Å². The molecule has 0 radical (unpaired) electrons. The topological polar surface area (TPSA) is 39.3 Å². The molecule has 0 spiro atoms. The Kier molecular flexibility index (Phi) is 55.5. The Morgan fingerprint density at radius 3 is 1.19 bits per heavy atom. The lowest BCUT2D eigenvalue weighted by Gasteiger charge is -2.36.